The lowest BCUT2D eigenvalue weighted by atomic mass is 9.59. The zero-order valence-electron chi connectivity index (χ0n) is 18.8. The van der Waals surface area contributed by atoms with E-state index in [1.54, 1.807) is 0 Å². The third kappa shape index (κ3) is 3.10. The van der Waals surface area contributed by atoms with E-state index < -0.39 is 5.41 Å². The molecule has 1 N–H and O–H groups in total. The van der Waals surface area contributed by atoms with E-state index in [0.717, 1.165) is 37.9 Å². The molecule has 31 heavy (non-hydrogen) atoms. The largest absolute Gasteiger partial charge is 0.508 e. The third-order valence-corrected chi connectivity index (χ3v) is 8.60. The number of benzene rings is 2. The summed E-state index contributed by atoms with van der Waals surface area (Å²) in [6, 6.07) is 16.6. The highest BCUT2D eigenvalue weighted by Crippen LogP contribution is 2.57. The number of phenols is 1. The van der Waals surface area contributed by atoms with Gasteiger partial charge in [-0.2, -0.15) is 0 Å². The average molecular weight is 420 g/mol. The molecule has 1 aliphatic heterocycles. The predicted octanol–water partition coefficient (Wildman–Crippen LogP) is 4.44. The van der Waals surface area contributed by atoms with Crippen molar-refractivity contribution in [1.82, 2.24) is 4.90 Å². The molecule has 1 saturated heterocycles. The van der Waals surface area contributed by atoms with E-state index in [0.29, 0.717) is 30.2 Å². The van der Waals surface area contributed by atoms with Crippen molar-refractivity contribution in [2.24, 2.45) is 11.8 Å². The van der Waals surface area contributed by atoms with Crippen LogP contribution in [-0.2, 0) is 26.8 Å². The number of nitrogens with zero attached hydrogens (tertiary/aromatic N) is 1. The summed E-state index contributed by atoms with van der Waals surface area (Å²) in [6.45, 7) is 9.01. The van der Waals surface area contributed by atoms with Crippen LogP contribution in [0.3, 0.4) is 0 Å². The topological polar surface area (TPSA) is 49.8 Å². The van der Waals surface area contributed by atoms with Crippen LogP contribution in [0.25, 0.3) is 0 Å². The van der Waals surface area contributed by atoms with Crippen LogP contribution in [0.15, 0.2) is 48.5 Å². The molecule has 0 amide bonds. The normalized spacial score (nSPS) is 34.1. The van der Waals surface area contributed by atoms with Gasteiger partial charge in [-0.1, -0.05) is 50.2 Å². The van der Waals surface area contributed by atoms with Crippen molar-refractivity contribution >= 4 is 5.97 Å². The summed E-state index contributed by atoms with van der Waals surface area (Å²) in [7, 11) is 0. The van der Waals surface area contributed by atoms with Crippen molar-refractivity contribution in [3.05, 3.63) is 65.2 Å². The molecule has 1 heterocycles. The molecular weight excluding hydrogens is 386 g/mol. The van der Waals surface area contributed by atoms with Gasteiger partial charge in [0, 0.05) is 12.6 Å². The van der Waals surface area contributed by atoms with E-state index in [-0.39, 0.29) is 11.4 Å². The second kappa shape index (κ2) is 7.37. The van der Waals surface area contributed by atoms with Crippen LogP contribution in [0, 0.1) is 11.8 Å². The number of ether oxygens (including phenoxy) is 1. The monoisotopic (exact) mass is 419 g/mol. The summed E-state index contributed by atoms with van der Waals surface area (Å²) in [5, 5.41) is 10.1. The molecule has 164 valence electrons. The Hall–Kier alpha value is -2.33. The summed E-state index contributed by atoms with van der Waals surface area (Å²) in [5.74, 6) is 1.11. The van der Waals surface area contributed by atoms with Crippen molar-refractivity contribution in [1.29, 1.82) is 0 Å². The van der Waals surface area contributed by atoms with Gasteiger partial charge in [-0.25, -0.2) is 0 Å². The second-order valence-corrected chi connectivity index (χ2v) is 10.0. The van der Waals surface area contributed by atoms with E-state index in [9.17, 15) is 9.90 Å². The Kier molecular flexibility index (Phi) is 4.89. The molecule has 2 fully saturated rings. The van der Waals surface area contributed by atoms with Crippen molar-refractivity contribution in [3.63, 3.8) is 0 Å². The van der Waals surface area contributed by atoms with Crippen molar-refractivity contribution < 1.29 is 14.6 Å². The Morgan fingerprint density at radius 1 is 1.23 bits per heavy atom. The number of aromatic hydroxyl groups is 1. The number of likely N-dealkylation sites (tertiary alicyclic amines) is 1. The van der Waals surface area contributed by atoms with Gasteiger partial charge in [0.25, 0.3) is 0 Å². The number of carbonyl (C=O) groups is 1. The molecule has 0 aromatic heterocycles. The van der Waals surface area contributed by atoms with Gasteiger partial charge in [-0.3, -0.25) is 9.69 Å². The number of hydrogen-bond acceptors (Lipinski definition) is 4. The Balaban J connectivity index is 1.40. The van der Waals surface area contributed by atoms with Crippen LogP contribution in [0.5, 0.6) is 5.75 Å². The number of fused-ring (bicyclic) bond motifs is 4. The van der Waals surface area contributed by atoms with Crippen molar-refractivity contribution in [3.8, 4) is 5.75 Å². The Morgan fingerprint density at radius 3 is 2.74 bits per heavy atom. The predicted molar refractivity (Wildman–Crippen MR) is 121 cm³/mol. The molecule has 1 saturated carbocycles. The molecule has 2 bridgehead atoms. The smallest absolute Gasteiger partial charge is 0.316 e. The molecule has 2 aliphatic carbocycles. The van der Waals surface area contributed by atoms with Gasteiger partial charge >= 0.3 is 5.97 Å². The summed E-state index contributed by atoms with van der Waals surface area (Å²) < 4.78 is 5.54. The van der Waals surface area contributed by atoms with E-state index in [4.69, 9.17) is 4.74 Å². The number of phenolic OH excluding ortho intramolecular Hbond substituents is 1. The fourth-order valence-corrected chi connectivity index (χ4v) is 6.47. The van der Waals surface area contributed by atoms with Crippen LogP contribution >= 0.6 is 0 Å². The average Bonchev–Trinajstić information content (AvgIpc) is 3.49. The van der Waals surface area contributed by atoms with Crippen LogP contribution in [-0.4, -0.2) is 41.7 Å². The molecule has 2 aromatic rings. The van der Waals surface area contributed by atoms with Crippen LogP contribution in [0.1, 0.15) is 50.3 Å². The Bertz CT molecular complexity index is 989. The van der Waals surface area contributed by atoms with Gasteiger partial charge in [0.05, 0.1) is 12.0 Å². The maximum absolute atomic E-state index is 13.0. The summed E-state index contributed by atoms with van der Waals surface area (Å²) in [5.41, 5.74) is 3.39. The SMILES string of the molecule is CCOC(=O)[C@@]1(c2ccccc2)C[C@H]1CN1CC[C@@]2(C)c3cc(O)ccc3C[C@@H]1C2C. The van der Waals surface area contributed by atoms with E-state index in [2.05, 4.69) is 36.9 Å². The number of hydrogen-bond donors (Lipinski definition) is 1. The summed E-state index contributed by atoms with van der Waals surface area (Å²) in [4.78, 5) is 15.7. The minimum absolute atomic E-state index is 0.0643. The minimum atomic E-state index is -0.486. The maximum Gasteiger partial charge on any atom is 0.316 e. The zero-order valence-corrected chi connectivity index (χ0v) is 18.8. The van der Waals surface area contributed by atoms with Crippen LogP contribution in [0.4, 0.5) is 0 Å². The van der Waals surface area contributed by atoms with Crippen LogP contribution < -0.4 is 0 Å². The zero-order chi connectivity index (χ0) is 21.8. The summed E-state index contributed by atoms with van der Waals surface area (Å²) in [6.07, 6.45) is 2.96. The van der Waals surface area contributed by atoms with Gasteiger partial charge in [-0.05, 0) is 78.8 Å². The lowest BCUT2D eigenvalue weighted by Crippen LogP contribution is -2.58. The standard InChI is InChI=1S/C27H33NO3/c1-4-31-25(30)27(20-8-6-5-7-9-20)16-21(27)17-28-13-12-26(3)18(2)24(28)14-19-10-11-22(29)15-23(19)26/h5-11,15,18,21,24,29H,4,12-14,16-17H2,1-3H3/t18?,21-,24+,26+,27+/m0/s1. The molecule has 3 aliphatic rings. The van der Waals surface area contributed by atoms with E-state index >= 15 is 0 Å². The van der Waals surface area contributed by atoms with Gasteiger partial charge in [0.15, 0.2) is 0 Å². The molecule has 2 aromatic carbocycles. The highest BCUT2D eigenvalue weighted by atomic mass is 16.5. The molecule has 0 spiro atoms. The maximum atomic E-state index is 13.0. The molecule has 4 heteroatoms. The van der Waals surface area contributed by atoms with E-state index in [1.807, 2.05) is 37.3 Å². The highest BCUT2D eigenvalue weighted by Gasteiger charge is 2.63. The minimum Gasteiger partial charge on any atom is -0.508 e. The molecular formula is C27H33NO3. The fraction of sp³-hybridized carbons (Fsp3) is 0.519. The lowest BCUT2D eigenvalue weighted by molar-refractivity contribution is -0.146. The number of piperidine rings is 1. The summed E-state index contributed by atoms with van der Waals surface area (Å²) >= 11 is 0. The third-order valence-electron chi connectivity index (χ3n) is 8.60. The molecule has 1 unspecified atom stereocenters. The van der Waals surface area contributed by atoms with Crippen LogP contribution in [0.2, 0.25) is 0 Å². The molecule has 4 nitrogen and oxygen atoms in total. The Labute approximate surface area is 185 Å². The van der Waals surface area contributed by atoms with Gasteiger partial charge in [0.1, 0.15) is 5.75 Å². The first-order chi connectivity index (χ1) is 14.9. The first-order valence-corrected chi connectivity index (χ1v) is 11.7. The van der Waals surface area contributed by atoms with Crippen molar-refractivity contribution in [2.75, 3.05) is 19.7 Å². The first-order valence-electron chi connectivity index (χ1n) is 11.7. The number of rotatable bonds is 5. The van der Waals surface area contributed by atoms with Gasteiger partial charge in [0.2, 0.25) is 0 Å². The number of carbonyl (C=O) groups excluding carboxylic acids is 1. The lowest BCUT2D eigenvalue weighted by Gasteiger charge is -2.55. The Morgan fingerprint density at radius 2 is 2.00 bits per heavy atom. The first kappa shape index (κ1) is 20.6. The van der Waals surface area contributed by atoms with Gasteiger partial charge in [-0.15, -0.1) is 0 Å². The highest BCUT2D eigenvalue weighted by molar-refractivity contribution is 5.87. The second-order valence-electron chi connectivity index (χ2n) is 10.0. The van der Waals surface area contributed by atoms with Crippen molar-refractivity contribution in [2.45, 2.75) is 56.9 Å². The fourth-order valence-electron chi connectivity index (χ4n) is 6.47. The number of esters is 1. The van der Waals surface area contributed by atoms with Gasteiger partial charge < -0.3 is 9.84 Å². The molecule has 5 rings (SSSR count). The molecule has 0 radical (unpaired) electrons. The molecule has 5 atom stereocenters. The quantitative estimate of drug-likeness (QED) is 0.728. The van der Waals surface area contributed by atoms with E-state index in [1.165, 1.54) is 11.1 Å².